The number of aryl methyl sites for hydroxylation is 2. The molecular weight excluding hydrogens is 230 g/mol. The zero-order valence-corrected chi connectivity index (χ0v) is 10.6. The zero-order valence-electron chi connectivity index (χ0n) is 10.6. The Kier molecular flexibility index (Phi) is 3.45. The highest BCUT2D eigenvalue weighted by Crippen LogP contribution is 2.06. The van der Waals surface area contributed by atoms with E-state index in [-0.39, 0.29) is 5.56 Å². The third-order valence-electron chi connectivity index (χ3n) is 2.77. The second kappa shape index (κ2) is 5.03. The maximum absolute atomic E-state index is 11.7. The number of aromatic nitrogens is 4. The summed E-state index contributed by atoms with van der Waals surface area (Å²) in [6.07, 6.45) is 0.874. The van der Waals surface area contributed by atoms with Crippen molar-refractivity contribution < 1.29 is 0 Å². The largest absolute Gasteiger partial charge is 0.382 e. The van der Waals surface area contributed by atoms with Crippen molar-refractivity contribution in [2.45, 2.75) is 33.4 Å². The van der Waals surface area contributed by atoms with Crippen LogP contribution in [0.2, 0.25) is 0 Å². The SMILES string of the molecule is CCc1cc(Cn2nc(N)ccc2=O)n(CC)n1. The molecular formula is C12H17N5O. The summed E-state index contributed by atoms with van der Waals surface area (Å²) in [4.78, 5) is 11.7. The van der Waals surface area contributed by atoms with Gasteiger partial charge >= 0.3 is 0 Å². The van der Waals surface area contributed by atoms with Crippen LogP contribution in [0, 0.1) is 0 Å². The molecule has 0 spiro atoms. The van der Waals surface area contributed by atoms with Crippen LogP contribution in [0.4, 0.5) is 5.82 Å². The number of hydrogen-bond donors (Lipinski definition) is 1. The number of anilines is 1. The molecule has 0 aliphatic heterocycles. The van der Waals surface area contributed by atoms with Crippen LogP contribution in [-0.4, -0.2) is 19.6 Å². The number of nitrogens with zero attached hydrogens (tertiary/aromatic N) is 4. The van der Waals surface area contributed by atoms with E-state index in [1.165, 1.54) is 16.8 Å². The molecule has 18 heavy (non-hydrogen) atoms. The number of hydrogen-bond acceptors (Lipinski definition) is 4. The van der Waals surface area contributed by atoms with Crippen LogP contribution < -0.4 is 11.3 Å². The standard InChI is InChI=1S/C12H17N5O/c1-3-9-7-10(16(4-2)14-9)8-17-12(18)6-5-11(13)15-17/h5-7H,3-4,8H2,1-2H3,(H2,13,15). The van der Waals surface area contributed by atoms with E-state index in [2.05, 4.69) is 17.1 Å². The van der Waals surface area contributed by atoms with E-state index in [0.717, 1.165) is 24.4 Å². The van der Waals surface area contributed by atoms with Crippen molar-refractivity contribution in [1.29, 1.82) is 0 Å². The van der Waals surface area contributed by atoms with Crippen molar-refractivity contribution in [2.24, 2.45) is 0 Å². The Bertz CT molecular complexity index is 599. The van der Waals surface area contributed by atoms with Crippen molar-refractivity contribution in [3.8, 4) is 0 Å². The molecule has 0 aliphatic rings. The van der Waals surface area contributed by atoms with E-state index in [4.69, 9.17) is 5.73 Å². The molecule has 0 fully saturated rings. The van der Waals surface area contributed by atoms with Gasteiger partial charge in [-0.2, -0.15) is 10.2 Å². The van der Waals surface area contributed by atoms with Gasteiger partial charge in [0.1, 0.15) is 5.82 Å². The molecule has 6 heteroatoms. The summed E-state index contributed by atoms with van der Waals surface area (Å²) in [6, 6.07) is 4.93. The first-order chi connectivity index (χ1) is 8.63. The minimum Gasteiger partial charge on any atom is -0.382 e. The Morgan fingerprint density at radius 1 is 1.22 bits per heavy atom. The summed E-state index contributed by atoms with van der Waals surface area (Å²) in [5.41, 5.74) is 7.41. The first-order valence-electron chi connectivity index (χ1n) is 6.03. The first kappa shape index (κ1) is 12.3. The van der Waals surface area contributed by atoms with Gasteiger partial charge in [-0.15, -0.1) is 0 Å². The average molecular weight is 247 g/mol. The van der Waals surface area contributed by atoms with Crippen molar-refractivity contribution in [1.82, 2.24) is 19.6 Å². The van der Waals surface area contributed by atoms with Gasteiger partial charge in [0.25, 0.3) is 5.56 Å². The Labute approximate surface area is 105 Å². The summed E-state index contributed by atoms with van der Waals surface area (Å²) >= 11 is 0. The Balaban J connectivity index is 2.36. The molecule has 0 radical (unpaired) electrons. The average Bonchev–Trinajstić information content (AvgIpc) is 2.76. The molecule has 2 aromatic heterocycles. The van der Waals surface area contributed by atoms with E-state index in [0.29, 0.717) is 12.4 Å². The van der Waals surface area contributed by atoms with Gasteiger partial charge in [-0.25, -0.2) is 4.68 Å². The topological polar surface area (TPSA) is 78.7 Å². The number of rotatable bonds is 4. The Morgan fingerprint density at radius 3 is 2.67 bits per heavy atom. The number of nitrogen functional groups attached to an aromatic ring is 1. The van der Waals surface area contributed by atoms with Gasteiger partial charge in [-0.1, -0.05) is 6.92 Å². The Morgan fingerprint density at radius 2 is 2.00 bits per heavy atom. The third-order valence-corrected chi connectivity index (χ3v) is 2.77. The lowest BCUT2D eigenvalue weighted by molar-refractivity contribution is 0.560. The summed E-state index contributed by atoms with van der Waals surface area (Å²) in [6.45, 7) is 5.24. The second-order valence-corrected chi connectivity index (χ2v) is 4.05. The highest BCUT2D eigenvalue weighted by atomic mass is 16.1. The molecule has 6 nitrogen and oxygen atoms in total. The van der Waals surface area contributed by atoms with Gasteiger partial charge in [0, 0.05) is 12.6 Å². The number of nitrogens with two attached hydrogens (primary N) is 1. The molecule has 0 amide bonds. The van der Waals surface area contributed by atoms with Gasteiger partial charge in [0.05, 0.1) is 17.9 Å². The van der Waals surface area contributed by atoms with Gasteiger partial charge in [-0.05, 0) is 25.5 Å². The molecule has 0 atom stereocenters. The van der Waals surface area contributed by atoms with E-state index in [1.54, 1.807) is 0 Å². The maximum atomic E-state index is 11.7. The van der Waals surface area contributed by atoms with Crippen LogP contribution in [-0.2, 0) is 19.5 Å². The van der Waals surface area contributed by atoms with Crippen LogP contribution in [0.3, 0.4) is 0 Å². The van der Waals surface area contributed by atoms with E-state index in [9.17, 15) is 4.79 Å². The molecule has 2 rings (SSSR count). The molecule has 2 heterocycles. The van der Waals surface area contributed by atoms with Crippen molar-refractivity contribution in [2.75, 3.05) is 5.73 Å². The summed E-state index contributed by atoms with van der Waals surface area (Å²) in [5.74, 6) is 0.341. The van der Waals surface area contributed by atoms with Crippen molar-refractivity contribution in [3.63, 3.8) is 0 Å². The van der Waals surface area contributed by atoms with Crippen molar-refractivity contribution >= 4 is 5.82 Å². The van der Waals surface area contributed by atoms with Crippen LogP contribution in [0.1, 0.15) is 25.2 Å². The summed E-state index contributed by atoms with van der Waals surface area (Å²) in [7, 11) is 0. The normalized spacial score (nSPS) is 10.8. The fourth-order valence-electron chi connectivity index (χ4n) is 1.82. The molecule has 2 aromatic rings. The first-order valence-corrected chi connectivity index (χ1v) is 6.03. The fourth-order valence-corrected chi connectivity index (χ4v) is 1.82. The monoisotopic (exact) mass is 247 g/mol. The molecule has 0 saturated carbocycles. The van der Waals surface area contributed by atoms with Gasteiger partial charge in [0.15, 0.2) is 0 Å². The van der Waals surface area contributed by atoms with Crippen LogP contribution in [0.25, 0.3) is 0 Å². The summed E-state index contributed by atoms with van der Waals surface area (Å²) < 4.78 is 3.24. The van der Waals surface area contributed by atoms with Crippen LogP contribution in [0.15, 0.2) is 23.0 Å². The highest BCUT2D eigenvalue weighted by molar-refractivity contribution is 5.24. The molecule has 0 saturated heterocycles. The van der Waals surface area contributed by atoms with E-state index < -0.39 is 0 Å². The molecule has 0 bridgehead atoms. The van der Waals surface area contributed by atoms with Gasteiger partial charge < -0.3 is 5.73 Å². The fraction of sp³-hybridized carbons (Fsp3) is 0.417. The molecule has 2 N–H and O–H groups in total. The lowest BCUT2D eigenvalue weighted by Crippen LogP contribution is -2.24. The van der Waals surface area contributed by atoms with E-state index >= 15 is 0 Å². The molecule has 96 valence electrons. The quantitative estimate of drug-likeness (QED) is 0.860. The lowest BCUT2D eigenvalue weighted by atomic mass is 10.3. The van der Waals surface area contributed by atoms with Crippen molar-refractivity contribution in [3.05, 3.63) is 39.9 Å². The highest BCUT2D eigenvalue weighted by Gasteiger charge is 2.08. The molecule has 0 aliphatic carbocycles. The maximum Gasteiger partial charge on any atom is 0.267 e. The lowest BCUT2D eigenvalue weighted by Gasteiger charge is -2.06. The zero-order chi connectivity index (χ0) is 13.1. The molecule has 0 unspecified atom stereocenters. The minimum absolute atomic E-state index is 0.161. The van der Waals surface area contributed by atoms with Crippen LogP contribution in [0.5, 0.6) is 0 Å². The van der Waals surface area contributed by atoms with Gasteiger partial charge in [0.2, 0.25) is 0 Å². The smallest absolute Gasteiger partial charge is 0.267 e. The Hall–Kier alpha value is -2.11. The van der Waals surface area contributed by atoms with Gasteiger partial charge in [-0.3, -0.25) is 9.48 Å². The second-order valence-electron chi connectivity index (χ2n) is 4.05. The summed E-state index contributed by atoms with van der Waals surface area (Å²) in [5, 5.41) is 8.46. The predicted octanol–water partition coefficient (Wildman–Crippen LogP) is 0.653. The molecule has 0 aromatic carbocycles. The minimum atomic E-state index is -0.161. The predicted molar refractivity (Wildman–Crippen MR) is 69.3 cm³/mol. The third kappa shape index (κ3) is 2.42. The van der Waals surface area contributed by atoms with Crippen LogP contribution >= 0.6 is 0 Å². The van der Waals surface area contributed by atoms with E-state index in [1.807, 2.05) is 17.7 Å².